The van der Waals surface area contributed by atoms with Crippen LogP contribution in [0.1, 0.15) is 110 Å². The van der Waals surface area contributed by atoms with Gasteiger partial charge in [0.05, 0.1) is 11.7 Å². The first-order chi connectivity index (χ1) is 22.4. The largest absolute Gasteiger partial charge is 0.380 e. The topological polar surface area (TPSA) is 41.3 Å². The molecule has 3 nitrogen and oxygen atoms in total. The molecule has 0 fully saturated rings. The van der Waals surface area contributed by atoms with E-state index in [2.05, 4.69) is 163 Å². The van der Waals surface area contributed by atoms with Crippen molar-refractivity contribution in [2.45, 2.75) is 100.0 Å². The van der Waals surface area contributed by atoms with Crippen molar-refractivity contribution in [3.63, 3.8) is 0 Å². The highest BCUT2D eigenvalue weighted by Gasteiger charge is 2.41. The van der Waals surface area contributed by atoms with Gasteiger partial charge in [0.2, 0.25) is 0 Å². The van der Waals surface area contributed by atoms with Gasteiger partial charge < -0.3 is 16.0 Å². The predicted molar refractivity (Wildman–Crippen MR) is 210 cm³/mol. The van der Waals surface area contributed by atoms with Gasteiger partial charge in [0, 0.05) is 30.1 Å². The quantitative estimate of drug-likeness (QED) is 0.301. The summed E-state index contributed by atoms with van der Waals surface area (Å²) >= 11 is 0. The minimum absolute atomic E-state index is 0.0890. The van der Waals surface area contributed by atoms with Crippen molar-refractivity contribution in [3.8, 4) is 11.1 Å². The molecule has 3 aromatic carbocycles. The van der Waals surface area contributed by atoms with Crippen molar-refractivity contribution < 1.29 is 0 Å². The summed E-state index contributed by atoms with van der Waals surface area (Å²) in [6.07, 6.45) is 9.65. The van der Waals surface area contributed by atoms with Crippen LogP contribution in [0.25, 0.3) is 11.1 Å². The number of allylic oxidation sites excluding steroid dienone is 5. The molecule has 3 aliphatic rings. The van der Waals surface area contributed by atoms with Gasteiger partial charge in [-0.1, -0.05) is 156 Å². The molecule has 2 heterocycles. The van der Waals surface area contributed by atoms with E-state index in [4.69, 9.17) is 0 Å². The number of nitrogens with zero attached hydrogens (tertiary/aromatic N) is 1. The summed E-state index contributed by atoms with van der Waals surface area (Å²) in [5, 5.41) is 3.44. The van der Waals surface area contributed by atoms with Gasteiger partial charge in [0.1, 0.15) is 0 Å². The molecule has 47 heavy (non-hydrogen) atoms. The van der Waals surface area contributed by atoms with E-state index >= 15 is 0 Å². The molecule has 0 saturated carbocycles. The fourth-order valence-electron chi connectivity index (χ4n) is 6.41. The zero-order chi connectivity index (χ0) is 35.5. The SMILES string of the molecule is C=C(/C=C1\Cc2c(C(C)C)ccc(-c3ccccc3)c2N1C)C(C)(C)C.CC.CC.CC1(C)C2=CC=CNC2c2ccccc21.CN. The molecule has 3 aromatic rings. The van der Waals surface area contributed by atoms with Crippen LogP contribution in [0, 0.1) is 5.41 Å². The number of benzene rings is 3. The Balaban J connectivity index is 0.000000309. The molecule has 0 saturated heterocycles. The second-order valence-corrected chi connectivity index (χ2v) is 13.5. The van der Waals surface area contributed by atoms with E-state index in [1.54, 1.807) is 0 Å². The average Bonchev–Trinajstić information content (AvgIpc) is 3.54. The number of likely N-dealkylation sites (N-methyl/N-ethyl adjacent to an activating group) is 1. The highest BCUT2D eigenvalue weighted by Crippen LogP contribution is 2.49. The van der Waals surface area contributed by atoms with Crippen LogP contribution < -0.4 is 16.0 Å². The van der Waals surface area contributed by atoms with Crippen molar-refractivity contribution in [3.05, 3.63) is 137 Å². The zero-order valence-corrected chi connectivity index (χ0v) is 31.8. The molecule has 3 heteroatoms. The molecule has 0 radical (unpaired) electrons. The highest BCUT2D eigenvalue weighted by molar-refractivity contribution is 5.86. The number of hydrogen-bond donors (Lipinski definition) is 2. The third-order valence-electron chi connectivity index (χ3n) is 9.07. The first-order valence-electron chi connectivity index (χ1n) is 17.6. The molecule has 0 spiro atoms. The van der Waals surface area contributed by atoms with Crippen LogP contribution in [0.5, 0.6) is 0 Å². The van der Waals surface area contributed by atoms with Crippen molar-refractivity contribution >= 4 is 5.69 Å². The molecular formula is C44H63N3. The van der Waals surface area contributed by atoms with E-state index in [-0.39, 0.29) is 10.8 Å². The van der Waals surface area contributed by atoms with Gasteiger partial charge in [-0.05, 0) is 75.7 Å². The lowest BCUT2D eigenvalue weighted by molar-refractivity contribution is 0.518. The summed E-state index contributed by atoms with van der Waals surface area (Å²) in [6, 6.07) is 24.5. The van der Waals surface area contributed by atoms with Crippen LogP contribution >= 0.6 is 0 Å². The minimum atomic E-state index is 0.0890. The van der Waals surface area contributed by atoms with E-state index in [1.807, 2.05) is 33.9 Å². The van der Waals surface area contributed by atoms with Crippen LogP contribution in [-0.2, 0) is 11.8 Å². The van der Waals surface area contributed by atoms with Gasteiger partial charge in [-0.2, -0.15) is 0 Å². The van der Waals surface area contributed by atoms with Gasteiger partial charge in [0.25, 0.3) is 0 Å². The van der Waals surface area contributed by atoms with Gasteiger partial charge in [-0.3, -0.25) is 0 Å². The van der Waals surface area contributed by atoms with E-state index in [0.29, 0.717) is 12.0 Å². The lowest BCUT2D eigenvalue weighted by Gasteiger charge is -2.25. The van der Waals surface area contributed by atoms with Crippen LogP contribution in [0.3, 0.4) is 0 Å². The lowest BCUT2D eigenvalue weighted by atomic mass is 9.82. The summed E-state index contributed by atoms with van der Waals surface area (Å²) in [5.41, 5.74) is 18.5. The Labute approximate surface area is 288 Å². The summed E-state index contributed by atoms with van der Waals surface area (Å²) in [4.78, 5) is 2.38. The van der Waals surface area contributed by atoms with Gasteiger partial charge in [0.15, 0.2) is 0 Å². The molecule has 1 atom stereocenters. The smallest absolute Gasteiger partial charge is 0.0736 e. The van der Waals surface area contributed by atoms with Crippen molar-refractivity contribution in [1.82, 2.24) is 5.32 Å². The minimum Gasteiger partial charge on any atom is -0.380 e. The van der Waals surface area contributed by atoms with Gasteiger partial charge in [-0.25, -0.2) is 0 Å². The molecule has 0 aromatic heterocycles. The number of nitrogens with one attached hydrogen (secondary N) is 1. The number of hydrogen-bond acceptors (Lipinski definition) is 3. The number of dihydropyridines is 1. The predicted octanol–water partition coefficient (Wildman–Crippen LogP) is 11.6. The van der Waals surface area contributed by atoms with Crippen LogP contribution in [0.4, 0.5) is 5.69 Å². The first-order valence-corrected chi connectivity index (χ1v) is 17.6. The summed E-state index contributed by atoms with van der Waals surface area (Å²) in [5.74, 6) is 0.521. The van der Waals surface area contributed by atoms with E-state index in [1.165, 1.54) is 63.0 Å². The molecule has 0 bridgehead atoms. The molecule has 0 amide bonds. The van der Waals surface area contributed by atoms with Crippen LogP contribution in [0.15, 0.2) is 115 Å². The Bertz CT molecular complexity index is 1540. The second kappa shape index (κ2) is 17.4. The Kier molecular flexibility index (Phi) is 14.5. The second-order valence-electron chi connectivity index (χ2n) is 13.5. The maximum absolute atomic E-state index is 4.50. The van der Waals surface area contributed by atoms with E-state index in [0.717, 1.165) is 6.42 Å². The summed E-state index contributed by atoms with van der Waals surface area (Å²) in [7, 11) is 3.70. The number of fused-ring (bicyclic) bond motifs is 4. The lowest BCUT2D eigenvalue weighted by Crippen LogP contribution is -2.23. The van der Waals surface area contributed by atoms with Crippen LogP contribution in [-0.4, -0.2) is 14.1 Å². The molecule has 1 aliphatic carbocycles. The Morgan fingerprint density at radius 1 is 0.936 bits per heavy atom. The third-order valence-corrected chi connectivity index (χ3v) is 9.07. The normalized spacial score (nSPS) is 17.1. The van der Waals surface area contributed by atoms with Crippen molar-refractivity contribution in [2.75, 3.05) is 19.0 Å². The fourth-order valence-corrected chi connectivity index (χ4v) is 6.41. The van der Waals surface area contributed by atoms with Gasteiger partial charge >= 0.3 is 0 Å². The van der Waals surface area contributed by atoms with E-state index < -0.39 is 0 Å². The van der Waals surface area contributed by atoms with Gasteiger partial charge in [-0.15, -0.1) is 0 Å². The fraction of sp³-hybridized carbons (Fsp3) is 0.409. The first kappa shape index (κ1) is 39.4. The van der Waals surface area contributed by atoms with E-state index in [9.17, 15) is 0 Å². The molecule has 1 unspecified atom stereocenters. The number of anilines is 1. The molecule has 2 aliphatic heterocycles. The van der Waals surface area contributed by atoms with Crippen LogP contribution in [0.2, 0.25) is 0 Å². The maximum Gasteiger partial charge on any atom is 0.0736 e. The summed E-state index contributed by atoms with van der Waals surface area (Å²) in [6.45, 7) is 28.2. The monoisotopic (exact) mass is 634 g/mol. The maximum atomic E-state index is 4.50. The third kappa shape index (κ3) is 8.56. The van der Waals surface area contributed by atoms with Crippen molar-refractivity contribution in [2.24, 2.45) is 11.1 Å². The Morgan fingerprint density at radius 3 is 2.13 bits per heavy atom. The number of rotatable bonds is 3. The zero-order valence-electron chi connectivity index (χ0n) is 31.8. The average molecular weight is 634 g/mol. The van der Waals surface area contributed by atoms with Crippen molar-refractivity contribution in [1.29, 1.82) is 0 Å². The number of nitrogens with two attached hydrogens (primary N) is 1. The molecular weight excluding hydrogens is 571 g/mol. The molecule has 6 rings (SSSR count). The molecule has 254 valence electrons. The Morgan fingerprint density at radius 2 is 1.53 bits per heavy atom. The standard InChI is InChI=1S/C25H31N.C14H15N.2C2H6.CH5N/c1-17(2)21-13-14-22(19-11-9-8-10-12-19)24-23(21)16-20(26(24)7)15-18(3)25(4,5)6;1-14(2)11-7-4-3-6-10(11)13-12(14)8-5-9-15-13;3*1-2/h8-15,17H,3,16H2,1-2,4-7H3;3-9,13,15H,1-2H3;2*1-2H3;2H2,1H3/b20-15+;;;;. The Hall–Kier alpha value is -3.82. The summed E-state index contributed by atoms with van der Waals surface area (Å²) < 4.78 is 0. The highest BCUT2D eigenvalue weighted by atomic mass is 15.1. The molecule has 3 N–H and O–H groups in total.